The molecule has 4 fully saturated rings. The van der Waals surface area contributed by atoms with Crippen molar-refractivity contribution in [1.82, 2.24) is 10.2 Å². The van der Waals surface area contributed by atoms with E-state index >= 15 is 0 Å². The molecule has 7 rings (SSSR count). The first-order chi connectivity index (χ1) is 16.6. The fraction of sp³-hybridized carbons (Fsp3) is 0.407. The number of rotatable bonds is 5. The minimum absolute atomic E-state index is 0. The molecule has 184 valence electrons. The molecule has 0 radical (unpaired) electrons. The van der Waals surface area contributed by atoms with E-state index in [1.807, 2.05) is 36.4 Å². The number of halogens is 1. The molecule has 2 atom stereocenters. The van der Waals surface area contributed by atoms with E-state index in [1.54, 1.807) is 11.3 Å². The zero-order chi connectivity index (χ0) is 23.1. The zero-order valence-electron chi connectivity index (χ0n) is 19.5. The predicted octanol–water partition coefficient (Wildman–Crippen LogP) is 4.93. The van der Waals surface area contributed by atoms with Gasteiger partial charge < -0.3 is 20.3 Å². The lowest BCUT2D eigenvalue weighted by molar-refractivity contribution is -0.124. The molecule has 2 N–H and O–H groups in total. The Morgan fingerprint density at radius 3 is 2.60 bits per heavy atom. The second-order valence-electron chi connectivity index (χ2n) is 9.62. The molecule has 0 spiro atoms. The van der Waals surface area contributed by atoms with Crippen LogP contribution in [0.15, 0.2) is 48.5 Å². The van der Waals surface area contributed by atoms with Crippen LogP contribution in [-0.2, 0) is 9.53 Å². The van der Waals surface area contributed by atoms with Gasteiger partial charge >= 0.3 is 0 Å². The molecule has 4 aliphatic rings. The Bertz CT molecular complexity index is 1230. The topological polar surface area (TPSA) is 70.7 Å². The molecular formula is C27H30ClN3O3S. The SMILES string of the molecule is Cl.O=C(N[C@H]1CN2CCC1CC2)c1cc2cccc(-c3cccc(NC(=O)C4CCCO4)c3)c2s1. The first-order valence-electron chi connectivity index (χ1n) is 12.2. The number of carbonyl (C=O) groups excluding carboxylic acids is 2. The van der Waals surface area contributed by atoms with Crippen molar-refractivity contribution in [1.29, 1.82) is 0 Å². The van der Waals surface area contributed by atoms with Crippen LogP contribution in [0.2, 0.25) is 0 Å². The van der Waals surface area contributed by atoms with Crippen molar-refractivity contribution in [2.45, 2.75) is 37.8 Å². The summed E-state index contributed by atoms with van der Waals surface area (Å²) < 4.78 is 6.59. The molecule has 0 saturated carbocycles. The highest BCUT2D eigenvalue weighted by Crippen LogP contribution is 2.36. The summed E-state index contributed by atoms with van der Waals surface area (Å²) in [4.78, 5) is 28.8. The molecule has 2 aromatic carbocycles. The van der Waals surface area contributed by atoms with Crippen LogP contribution in [0.4, 0.5) is 5.69 Å². The lowest BCUT2D eigenvalue weighted by Gasteiger charge is -2.44. The van der Waals surface area contributed by atoms with E-state index in [9.17, 15) is 9.59 Å². The van der Waals surface area contributed by atoms with Gasteiger partial charge in [0.1, 0.15) is 6.10 Å². The van der Waals surface area contributed by atoms with E-state index < -0.39 is 0 Å². The summed E-state index contributed by atoms with van der Waals surface area (Å²) in [7, 11) is 0. The number of hydrogen-bond acceptors (Lipinski definition) is 5. The zero-order valence-corrected chi connectivity index (χ0v) is 21.1. The Balaban J connectivity index is 0.00000253. The number of nitrogens with zero attached hydrogens (tertiary/aromatic N) is 1. The maximum atomic E-state index is 13.1. The van der Waals surface area contributed by atoms with E-state index in [4.69, 9.17) is 4.74 Å². The summed E-state index contributed by atoms with van der Waals surface area (Å²) in [5.74, 6) is 0.547. The van der Waals surface area contributed by atoms with Crippen LogP contribution in [0, 0.1) is 5.92 Å². The third-order valence-electron chi connectivity index (χ3n) is 7.40. The van der Waals surface area contributed by atoms with Crippen molar-refractivity contribution in [3.63, 3.8) is 0 Å². The molecule has 5 heterocycles. The molecule has 4 aliphatic heterocycles. The molecule has 8 heteroatoms. The van der Waals surface area contributed by atoms with E-state index in [2.05, 4.69) is 27.7 Å². The molecule has 0 aliphatic carbocycles. The van der Waals surface area contributed by atoms with Crippen LogP contribution in [0.5, 0.6) is 0 Å². The van der Waals surface area contributed by atoms with Crippen LogP contribution in [0.3, 0.4) is 0 Å². The second-order valence-corrected chi connectivity index (χ2v) is 10.7. The number of thiophene rings is 1. The minimum atomic E-state index is -0.360. The summed E-state index contributed by atoms with van der Waals surface area (Å²) in [5.41, 5.74) is 2.84. The Morgan fingerprint density at radius 1 is 1.03 bits per heavy atom. The largest absolute Gasteiger partial charge is 0.368 e. The molecule has 4 saturated heterocycles. The molecule has 35 heavy (non-hydrogen) atoms. The lowest BCUT2D eigenvalue weighted by atomic mass is 9.84. The van der Waals surface area contributed by atoms with Crippen molar-refractivity contribution in [2.24, 2.45) is 5.92 Å². The van der Waals surface area contributed by atoms with E-state index in [0.717, 1.165) is 64.3 Å². The minimum Gasteiger partial charge on any atom is -0.368 e. The number of benzene rings is 2. The fourth-order valence-electron chi connectivity index (χ4n) is 5.54. The summed E-state index contributed by atoms with van der Waals surface area (Å²) in [6, 6.07) is 16.3. The van der Waals surface area contributed by atoms with Crippen LogP contribution >= 0.6 is 23.7 Å². The van der Waals surface area contributed by atoms with E-state index in [0.29, 0.717) is 12.5 Å². The van der Waals surface area contributed by atoms with Gasteiger partial charge in [0.2, 0.25) is 0 Å². The second kappa shape index (κ2) is 10.3. The highest BCUT2D eigenvalue weighted by molar-refractivity contribution is 7.21. The quantitative estimate of drug-likeness (QED) is 0.509. The number of piperidine rings is 3. The number of fused-ring (bicyclic) bond motifs is 4. The number of nitrogens with one attached hydrogen (secondary N) is 2. The van der Waals surface area contributed by atoms with E-state index in [1.165, 1.54) is 12.8 Å². The van der Waals surface area contributed by atoms with Gasteiger partial charge in [-0.3, -0.25) is 9.59 Å². The van der Waals surface area contributed by atoms with Crippen molar-refractivity contribution in [2.75, 3.05) is 31.6 Å². The molecule has 1 aromatic heterocycles. The maximum absolute atomic E-state index is 13.1. The Morgan fingerprint density at radius 2 is 1.86 bits per heavy atom. The molecule has 3 aromatic rings. The Labute approximate surface area is 215 Å². The van der Waals surface area contributed by atoms with E-state index in [-0.39, 0.29) is 36.4 Å². The molecular weight excluding hydrogens is 482 g/mol. The number of carbonyl (C=O) groups is 2. The van der Waals surface area contributed by atoms with Crippen molar-refractivity contribution >= 4 is 51.3 Å². The first-order valence-corrected chi connectivity index (χ1v) is 13.0. The van der Waals surface area contributed by atoms with Gasteiger partial charge in [-0.05, 0) is 79.4 Å². The summed E-state index contributed by atoms with van der Waals surface area (Å²) >= 11 is 1.54. The standard InChI is InChI=1S/C27H29N3O3S.ClH/c31-26(23-8-3-13-33-23)28-20-6-1-4-18(14-20)21-7-2-5-19-15-24(34-25(19)21)27(32)29-22-16-30-11-9-17(22)10-12-30;/h1-2,4-7,14-15,17,22-23H,3,8-13,16H2,(H,28,31)(H,29,32);1H/t22-,23?;/m0./s1. The Kier molecular flexibility index (Phi) is 7.12. The summed E-state index contributed by atoms with van der Waals surface area (Å²) in [6.45, 7) is 3.94. The average molecular weight is 512 g/mol. The number of amides is 2. The third kappa shape index (κ3) is 4.96. The average Bonchev–Trinajstić information content (AvgIpc) is 3.55. The normalized spacial score (nSPS) is 25.3. The molecule has 1 unspecified atom stereocenters. The van der Waals surface area contributed by atoms with Crippen molar-refractivity contribution in [3.05, 3.63) is 53.4 Å². The van der Waals surface area contributed by atoms with Gasteiger partial charge in [-0.1, -0.05) is 30.3 Å². The Hall–Kier alpha value is -2.45. The van der Waals surface area contributed by atoms with Gasteiger partial charge in [-0.2, -0.15) is 0 Å². The molecule has 6 nitrogen and oxygen atoms in total. The molecule has 2 bridgehead atoms. The third-order valence-corrected chi connectivity index (χ3v) is 8.59. The van der Waals surface area contributed by atoms with Crippen LogP contribution < -0.4 is 10.6 Å². The highest BCUT2D eigenvalue weighted by atomic mass is 35.5. The highest BCUT2D eigenvalue weighted by Gasteiger charge is 2.35. The fourth-order valence-corrected chi connectivity index (χ4v) is 6.64. The monoisotopic (exact) mass is 511 g/mol. The van der Waals surface area contributed by atoms with Gasteiger partial charge in [0.25, 0.3) is 11.8 Å². The van der Waals surface area contributed by atoms with Gasteiger partial charge in [-0.15, -0.1) is 23.7 Å². The number of hydrogen-bond donors (Lipinski definition) is 2. The predicted molar refractivity (Wildman–Crippen MR) is 143 cm³/mol. The molecule has 2 amide bonds. The van der Waals surface area contributed by atoms with Crippen LogP contribution in [0.25, 0.3) is 21.2 Å². The number of ether oxygens (including phenoxy) is 1. The lowest BCUT2D eigenvalue weighted by Crippen LogP contribution is -2.57. The first kappa shape index (κ1) is 24.3. The van der Waals surface area contributed by atoms with Crippen LogP contribution in [-0.4, -0.2) is 55.1 Å². The van der Waals surface area contributed by atoms with Gasteiger partial charge in [0.15, 0.2) is 0 Å². The summed E-state index contributed by atoms with van der Waals surface area (Å²) in [5, 5.41) is 7.38. The van der Waals surface area contributed by atoms with Crippen LogP contribution in [0.1, 0.15) is 35.4 Å². The van der Waals surface area contributed by atoms with Gasteiger partial charge in [-0.25, -0.2) is 0 Å². The van der Waals surface area contributed by atoms with Gasteiger partial charge in [0.05, 0.1) is 4.88 Å². The smallest absolute Gasteiger partial charge is 0.261 e. The van der Waals surface area contributed by atoms with Crippen molar-refractivity contribution in [3.8, 4) is 11.1 Å². The summed E-state index contributed by atoms with van der Waals surface area (Å²) in [6.07, 6.45) is 3.70. The van der Waals surface area contributed by atoms with Crippen molar-refractivity contribution < 1.29 is 14.3 Å². The van der Waals surface area contributed by atoms with Gasteiger partial charge in [0, 0.05) is 29.6 Å². The number of anilines is 1. The maximum Gasteiger partial charge on any atom is 0.261 e.